The van der Waals surface area contributed by atoms with Gasteiger partial charge in [-0.1, -0.05) is 6.07 Å². The first-order valence-electron chi connectivity index (χ1n) is 3.25. The minimum absolute atomic E-state index is 0.572. The summed E-state index contributed by atoms with van der Waals surface area (Å²) in [4.78, 5) is 4.01. The third-order valence-electron chi connectivity index (χ3n) is 1.33. The highest BCUT2D eigenvalue weighted by Crippen LogP contribution is 2.04. The van der Waals surface area contributed by atoms with Crippen LogP contribution < -0.4 is 0 Å². The molecule has 0 fully saturated rings. The lowest BCUT2D eigenvalue weighted by Crippen LogP contribution is -1.99. The van der Waals surface area contributed by atoms with Gasteiger partial charge < -0.3 is 0 Å². The molecule has 0 aromatic carbocycles. The van der Waals surface area contributed by atoms with E-state index in [0.29, 0.717) is 5.03 Å². The zero-order valence-electron chi connectivity index (χ0n) is 6.70. The van der Waals surface area contributed by atoms with Crippen molar-refractivity contribution in [3.05, 3.63) is 23.9 Å². The molecule has 11 heavy (non-hydrogen) atoms. The normalized spacial score (nSPS) is 15.8. The van der Waals surface area contributed by atoms with Crippen molar-refractivity contribution in [1.82, 2.24) is 4.98 Å². The van der Waals surface area contributed by atoms with Crippen molar-refractivity contribution in [2.45, 2.75) is 11.9 Å². The zero-order chi connectivity index (χ0) is 8.48. The average Bonchev–Trinajstić information content (AvgIpc) is 1.86. The van der Waals surface area contributed by atoms with Gasteiger partial charge in [0.25, 0.3) is 0 Å². The monoisotopic (exact) mass is 169 g/mol. The Labute approximate surface area is 67.3 Å². The largest absolute Gasteiger partial charge is 0.262 e. The molecule has 1 atom stereocenters. The summed E-state index contributed by atoms with van der Waals surface area (Å²) in [7, 11) is -2.13. The van der Waals surface area contributed by atoms with Gasteiger partial charge in [-0.05, 0) is 24.4 Å². The summed E-state index contributed by atoms with van der Waals surface area (Å²) in [6, 6.07) is 3.64. The number of nitrogens with zero attached hydrogens (tertiary/aromatic N) is 1. The molecule has 2 nitrogen and oxygen atoms in total. The SMILES string of the molecule is C=S(C)(=O)c1ccc(C)cn1. The molecule has 0 aliphatic carbocycles. The molecule has 0 radical (unpaired) electrons. The van der Waals surface area contributed by atoms with Crippen LogP contribution in [0.25, 0.3) is 0 Å². The van der Waals surface area contributed by atoms with Gasteiger partial charge in [-0.2, -0.15) is 0 Å². The first-order chi connectivity index (χ1) is 5.00. The summed E-state index contributed by atoms with van der Waals surface area (Å²) < 4.78 is 11.3. The number of rotatable bonds is 1. The fourth-order valence-corrected chi connectivity index (χ4v) is 1.34. The Morgan fingerprint density at radius 3 is 2.55 bits per heavy atom. The molecule has 1 unspecified atom stereocenters. The molecule has 0 aliphatic heterocycles. The molecular weight excluding hydrogens is 158 g/mol. The molecule has 0 bridgehead atoms. The van der Waals surface area contributed by atoms with Gasteiger partial charge in [-0.25, -0.2) is 4.98 Å². The van der Waals surface area contributed by atoms with E-state index >= 15 is 0 Å². The quantitative estimate of drug-likeness (QED) is 0.589. The lowest BCUT2D eigenvalue weighted by atomic mass is 10.3. The van der Waals surface area contributed by atoms with Gasteiger partial charge in [0.05, 0.1) is 0 Å². The Morgan fingerprint density at radius 2 is 2.18 bits per heavy atom. The third kappa shape index (κ3) is 2.05. The topological polar surface area (TPSA) is 30.0 Å². The number of hydrogen-bond donors (Lipinski definition) is 0. The second-order valence-electron chi connectivity index (χ2n) is 2.68. The second kappa shape index (κ2) is 2.66. The number of hydrogen-bond acceptors (Lipinski definition) is 2. The van der Waals surface area contributed by atoms with Crippen molar-refractivity contribution in [3.63, 3.8) is 0 Å². The van der Waals surface area contributed by atoms with Crippen LogP contribution in [0, 0.1) is 6.92 Å². The van der Waals surface area contributed by atoms with Crippen LogP contribution in [0.1, 0.15) is 5.56 Å². The molecule has 1 heterocycles. The maximum atomic E-state index is 11.3. The molecule has 0 aliphatic rings. The van der Waals surface area contributed by atoms with Crippen molar-refractivity contribution < 1.29 is 4.21 Å². The molecule has 0 amide bonds. The van der Waals surface area contributed by atoms with Gasteiger partial charge in [-0.15, -0.1) is 0 Å². The lowest BCUT2D eigenvalue weighted by Gasteiger charge is -2.00. The molecular formula is C8H11NOS. The first kappa shape index (κ1) is 8.27. The van der Waals surface area contributed by atoms with Crippen LogP contribution in [0.2, 0.25) is 0 Å². The third-order valence-corrected chi connectivity index (χ3v) is 2.45. The van der Waals surface area contributed by atoms with Crippen LogP contribution in [0.15, 0.2) is 23.4 Å². The lowest BCUT2D eigenvalue weighted by molar-refractivity contribution is 0.682. The first-order valence-corrected chi connectivity index (χ1v) is 5.38. The maximum absolute atomic E-state index is 11.3. The van der Waals surface area contributed by atoms with E-state index in [1.54, 1.807) is 18.5 Å². The Balaban J connectivity index is 3.20. The summed E-state index contributed by atoms with van der Waals surface area (Å²) in [6.07, 6.45) is 3.29. The van der Waals surface area contributed by atoms with Crippen molar-refractivity contribution in [3.8, 4) is 0 Å². The minimum Gasteiger partial charge on any atom is -0.262 e. The second-order valence-corrected chi connectivity index (χ2v) is 5.11. The van der Waals surface area contributed by atoms with E-state index in [1.807, 2.05) is 13.0 Å². The van der Waals surface area contributed by atoms with Crippen molar-refractivity contribution >= 4 is 15.4 Å². The van der Waals surface area contributed by atoms with Crippen LogP contribution in [-0.4, -0.2) is 21.3 Å². The van der Waals surface area contributed by atoms with Gasteiger partial charge in [-0.3, -0.25) is 4.21 Å². The molecule has 0 N–H and O–H groups in total. The number of aromatic nitrogens is 1. The van der Waals surface area contributed by atoms with Crippen molar-refractivity contribution in [1.29, 1.82) is 0 Å². The minimum atomic E-state index is -2.13. The Hall–Kier alpha value is -0.830. The van der Waals surface area contributed by atoms with E-state index in [0.717, 1.165) is 5.56 Å². The van der Waals surface area contributed by atoms with E-state index in [1.165, 1.54) is 0 Å². The molecule has 1 aromatic rings. The van der Waals surface area contributed by atoms with Gasteiger partial charge in [0.1, 0.15) is 5.03 Å². The highest BCUT2D eigenvalue weighted by Gasteiger charge is 1.99. The molecule has 0 saturated heterocycles. The summed E-state index contributed by atoms with van der Waals surface area (Å²) >= 11 is 0. The van der Waals surface area contributed by atoms with Gasteiger partial charge in [0, 0.05) is 22.0 Å². The molecule has 1 rings (SSSR count). The highest BCUT2D eigenvalue weighted by molar-refractivity contribution is 7.99. The Morgan fingerprint density at radius 1 is 1.55 bits per heavy atom. The van der Waals surface area contributed by atoms with Crippen LogP contribution in [0.3, 0.4) is 0 Å². The van der Waals surface area contributed by atoms with Gasteiger partial charge in [0.15, 0.2) is 0 Å². The van der Waals surface area contributed by atoms with E-state index in [2.05, 4.69) is 10.9 Å². The van der Waals surface area contributed by atoms with Crippen LogP contribution in [0.5, 0.6) is 0 Å². The number of aryl methyl sites for hydroxylation is 1. The summed E-state index contributed by atoms with van der Waals surface area (Å²) in [5, 5.41) is 0.572. The summed E-state index contributed by atoms with van der Waals surface area (Å²) in [5.74, 6) is 3.54. The molecule has 3 heteroatoms. The maximum Gasteiger partial charge on any atom is 0.118 e. The summed E-state index contributed by atoms with van der Waals surface area (Å²) in [6.45, 7) is 1.94. The van der Waals surface area contributed by atoms with E-state index < -0.39 is 9.52 Å². The average molecular weight is 169 g/mol. The van der Waals surface area contributed by atoms with E-state index in [4.69, 9.17) is 0 Å². The van der Waals surface area contributed by atoms with Crippen molar-refractivity contribution in [2.75, 3.05) is 6.26 Å². The molecule has 60 valence electrons. The van der Waals surface area contributed by atoms with Crippen LogP contribution in [0.4, 0.5) is 0 Å². The Bertz CT molecular complexity index is 337. The fourth-order valence-electron chi connectivity index (χ4n) is 0.710. The van der Waals surface area contributed by atoms with Crippen LogP contribution >= 0.6 is 0 Å². The predicted octanol–water partition coefficient (Wildman–Crippen LogP) is 1.10. The van der Waals surface area contributed by atoms with Crippen LogP contribution in [-0.2, 0) is 9.52 Å². The fraction of sp³-hybridized carbons (Fsp3) is 0.250. The van der Waals surface area contributed by atoms with E-state index in [9.17, 15) is 4.21 Å². The van der Waals surface area contributed by atoms with Gasteiger partial charge in [0.2, 0.25) is 0 Å². The zero-order valence-corrected chi connectivity index (χ0v) is 7.52. The molecule has 0 saturated carbocycles. The van der Waals surface area contributed by atoms with E-state index in [-0.39, 0.29) is 0 Å². The Kier molecular flexibility index (Phi) is 2.00. The highest BCUT2D eigenvalue weighted by atomic mass is 32.2. The standard InChI is InChI=1S/C8H11NOS/c1-7-4-5-8(9-6-7)11(2,3)10/h4-6H,2H2,1,3H3. The number of pyridine rings is 1. The summed E-state index contributed by atoms with van der Waals surface area (Å²) in [5.41, 5.74) is 1.07. The smallest absolute Gasteiger partial charge is 0.118 e. The predicted molar refractivity (Wildman–Crippen MR) is 48.4 cm³/mol. The van der Waals surface area contributed by atoms with Gasteiger partial charge >= 0.3 is 0 Å². The molecule has 1 aromatic heterocycles. The molecule has 0 spiro atoms. The van der Waals surface area contributed by atoms with Crippen molar-refractivity contribution in [2.24, 2.45) is 0 Å².